The van der Waals surface area contributed by atoms with Crippen LogP contribution in [0, 0.1) is 12.8 Å². The quantitative estimate of drug-likeness (QED) is 0.890. The van der Waals surface area contributed by atoms with Gasteiger partial charge in [-0.15, -0.1) is 0 Å². The molecule has 5 heteroatoms. The Balaban J connectivity index is 1.54. The van der Waals surface area contributed by atoms with Gasteiger partial charge in [0, 0.05) is 30.6 Å². The Morgan fingerprint density at radius 1 is 1.45 bits per heavy atom. The highest BCUT2D eigenvalue weighted by Crippen LogP contribution is 2.23. The summed E-state index contributed by atoms with van der Waals surface area (Å²) in [5, 5.41) is 17.5. The first-order valence-electron chi connectivity index (χ1n) is 7.40. The van der Waals surface area contributed by atoms with Gasteiger partial charge in [-0.2, -0.15) is 5.10 Å². The molecule has 1 fully saturated rings. The first-order chi connectivity index (χ1) is 9.70. The fraction of sp³-hybridized carbons (Fsp3) is 0.600. The third-order valence-electron chi connectivity index (χ3n) is 4.01. The zero-order chi connectivity index (χ0) is 13.9. The summed E-state index contributed by atoms with van der Waals surface area (Å²) in [4.78, 5) is 4.40. The lowest BCUT2D eigenvalue weighted by molar-refractivity contribution is 0.101. The van der Waals surface area contributed by atoms with Gasteiger partial charge >= 0.3 is 0 Å². The fourth-order valence-corrected chi connectivity index (χ4v) is 2.99. The minimum absolute atomic E-state index is 0.0967. The van der Waals surface area contributed by atoms with E-state index < -0.39 is 0 Å². The highest BCUT2D eigenvalue weighted by atomic mass is 16.3. The summed E-state index contributed by atoms with van der Waals surface area (Å²) >= 11 is 0. The van der Waals surface area contributed by atoms with E-state index in [0.717, 1.165) is 49.3 Å². The largest absolute Gasteiger partial charge is 0.393 e. The number of aliphatic hydroxyl groups excluding tert-OH is 1. The lowest BCUT2D eigenvalue weighted by Crippen LogP contribution is -2.29. The first-order valence-corrected chi connectivity index (χ1v) is 7.40. The number of rotatable bonds is 4. The summed E-state index contributed by atoms with van der Waals surface area (Å²) in [6, 6.07) is 1.97. The van der Waals surface area contributed by atoms with Gasteiger partial charge in [0.05, 0.1) is 11.8 Å². The SMILES string of the molecule is Cc1cc2ncc(CNCC3CCCC(O)C3)cn2n1. The average Bonchev–Trinajstić information content (AvgIpc) is 2.78. The van der Waals surface area contributed by atoms with E-state index in [9.17, 15) is 5.11 Å². The summed E-state index contributed by atoms with van der Waals surface area (Å²) in [5.74, 6) is 0.599. The molecule has 0 aliphatic heterocycles. The lowest BCUT2D eigenvalue weighted by atomic mass is 9.87. The highest BCUT2D eigenvalue weighted by molar-refractivity contribution is 5.38. The van der Waals surface area contributed by atoms with E-state index in [2.05, 4.69) is 15.4 Å². The molecule has 0 bridgehead atoms. The molecule has 0 radical (unpaired) electrons. The van der Waals surface area contributed by atoms with Crippen LogP contribution in [0.15, 0.2) is 18.5 Å². The molecule has 2 N–H and O–H groups in total. The topological polar surface area (TPSA) is 62.5 Å². The molecule has 20 heavy (non-hydrogen) atoms. The van der Waals surface area contributed by atoms with Gasteiger partial charge in [-0.3, -0.25) is 0 Å². The molecule has 2 aromatic heterocycles. The smallest absolute Gasteiger partial charge is 0.155 e. The molecule has 1 saturated carbocycles. The van der Waals surface area contributed by atoms with E-state index >= 15 is 0 Å². The van der Waals surface area contributed by atoms with Crippen molar-refractivity contribution in [2.75, 3.05) is 6.54 Å². The van der Waals surface area contributed by atoms with Gasteiger partial charge in [0.15, 0.2) is 5.65 Å². The minimum Gasteiger partial charge on any atom is -0.393 e. The number of hydrogen-bond donors (Lipinski definition) is 2. The predicted molar refractivity (Wildman–Crippen MR) is 77.4 cm³/mol. The van der Waals surface area contributed by atoms with Crippen molar-refractivity contribution < 1.29 is 5.11 Å². The van der Waals surface area contributed by atoms with Gasteiger partial charge in [-0.05, 0) is 38.6 Å². The number of nitrogens with zero attached hydrogens (tertiary/aromatic N) is 3. The van der Waals surface area contributed by atoms with Crippen LogP contribution in [0.5, 0.6) is 0 Å². The second-order valence-electron chi connectivity index (χ2n) is 5.87. The molecule has 1 aliphatic carbocycles. The lowest BCUT2D eigenvalue weighted by Gasteiger charge is -2.25. The van der Waals surface area contributed by atoms with Crippen LogP contribution in [-0.2, 0) is 6.54 Å². The Labute approximate surface area is 119 Å². The van der Waals surface area contributed by atoms with Crippen LogP contribution in [0.4, 0.5) is 0 Å². The van der Waals surface area contributed by atoms with Gasteiger partial charge in [0.25, 0.3) is 0 Å². The highest BCUT2D eigenvalue weighted by Gasteiger charge is 2.19. The van der Waals surface area contributed by atoms with E-state index in [1.54, 1.807) is 0 Å². The molecular weight excluding hydrogens is 252 g/mol. The predicted octanol–water partition coefficient (Wildman–Crippen LogP) is 1.68. The van der Waals surface area contributed by atoms with E-state index in [-0.39, 0.29) is 6.10 Å². The van der Waals surface area contributed by atoms with Crippen LogP contribution < -0.4 is 5.32 Å². The third kappa shape index (κ3) is 3.16. The van der Waals surface area contributed by atoms with E-state index in [1.807, 2.05) is 29.9 Å². The van der Waals surface area contributed by atoms with Crippen molar-refractivity contribution in [3.8, 4) is 0 Å². The summed E-state index contributed by atoms with van der Waals surface area (Å²) in [6.07, 6.45) is 8.10. The molecule has 0 amide bonds. The average molecular weight is 274 g/mol. The number of fused-ring (bicyclic) bond motifs is 1. The molecule has 2 unspecified atom stereocenters. The molecular formula is C15H22N4O. The molecule has 0 spiro atoms. The van der Waals surface area contributed by atoms with E-state index in [0.29, 0.717) is 5.92 Å². The molecule has 1 aliphatic rings. The third-order valence-corrected chi connectivity index (χ3v) is 4.01. The van der Waals surface area contributed by atoms with E-state index in [4.69, 9.17) is 0 Å². The molecule has 3 rings (SSSR count). The van der Waals surface area contributed by atoms with E-state index in [1.165, 1.54) is 6.42 Å². The normalized spacial score (nSPS) is 23.3. The maximum Gasteiger partial charge on any atom is 0.155 e. The number of aryl methyl sites for hydroxylation is 1. The monoisotopic (exact) mass is 274 g/mol. The van der Waals surface area contributed by atoms with Crippen molar-refractivity contribution in [3.05, 3.63) is 29.7 Å². The van der Waals surface area contributed by atoms with Crippen LogP contribution in [-0.4, -0.2) is 32.4 Å². The second-order valence-corrected chi connectivity index (χ2v) is 5.87. The zero-order valence-electron chi connectivity index (χ0n) is 11.9. The van der Waals surface area contributed by atoms with Gasteiger partial charge < -0.3 is 10.4 Å². The number of nitrogens with one attached hydrogen (secondary N) is 1. The Hall–Kier alpha value is -1.46. The van der Waals surface area contributed by atoms with Crippen molar-refractivity contribution in [2.24, 2.45) is 5.92 Å². The zero-order valence-corrected chi connectivity index (χ0v) is 11.9. The van der Waals surface area contributed by atoms with Crippen LogP contribution >= 0.6 is 0 Å². The molecule has 108 valence electrons. The number of hydrogen-bond acceptors (Lipinski definition) is 4. The van der Waals surface area contributed by atoms with Crippen molar-refractivity contribution in [2.45, 2.75) is 45.3 Å². The summed E-state index contributed by atoms with van der Waals surface area (Å²) in [6.45, 7) is 3.74. The molecule has 0 aromatic carbocycles. The second kappa shape index (κ2) is 5.89. The van der Waals surface area contributed by atoms with Crippen LogP contribution in [0.3, 0.4) is 0 Å². The van der Waals surface area contributed by atoms with Crippen molar-refractivity contribution in [3.63, 3.8) is 0 Å². The van der Waals surface area contributed by atoms with Gasteiger partial charge in [0.2, 0.25) is 0 Å². The van der Waals surface area contributed by atoms with Gasteiger partial charge in [-0.1, -0.05) is 6.42 Å². The number of aliphatic hydroxyl groups is 1. The summed E-state index contributed by atoms with van der Waals surface area (Å²) < 4.78 is 1.83. The molecule has 5 nitrogen and oxygen atoms in total. The van der Waals surface area contributed by atoms with Crippen LogP contribution in [0.25, 0.3) is 5.65 Å². The van der Waals surface area contributed by atoms with Crippen LogP contribution in [0.2, 0.25) is 0 Å². The standard InChI is InChI=1S/C15H22N4O/c1-11-5-15-17-9-13(10-19(15)18-11)8-16-7-12-3-2-4-14(20)6-12/h5,9-10,12,14,16,20H,2-4,6-8H2,1H3. The minimum atomic E-state index is -0.0967. The van der Waals surface area contributed by atoms with Gasteiger partial charge in [-0.25, -0.2) is 9.50 Å². The Bertz CT molecular complexity index is 580. The summed E-state index contributed by atoms with van der Waals surface area (Å²) in [5.41, 5.74) is 3.01. The van der Waals surface area contributed by atoms with Crippen LogP contribution in [0.1, 0.15) is 36.9 Å². The molecule has 2 atom stereocenters. The Kier molecular flexibility index (Phi) is 3.98. The first kappa shape index (κ1) is 13.5. The Morgan fingerprint density at radius 2 is 2.35 bits per heavy atom. The molecule has 2 heterocycles. The number of aromatic nitrogens is 3. The van der Waals surface area contributed by atoms with Gasteiger partial charge in [0.1, 0.15) is 0 Å². The van der Waals surface area contributed by atoms with Crippen molar-refractivity contribution in [1.29, 1.82) is 0 Å². The fourth-order valence-electron chi connectivity index (χ4n) is 2.99. The Morgan fingerprint density at radius 3 is 3.20 bits per heavy atom. The maximum absolute atomic E-state index is 9.67. The molecule has 2 aromatic rings. The maximum atomic E-state index is 9.67. The van der Waals surface area contributed by atoms with Crippen molar-refractivity contribution >= 4 is 5.65 Å². The molecule has 0 saturated heterocycles. The van der Waals surface area contributed by atoms with Crippen molar-refractivity contribution in [1.82, 2.24) is 19.9 Å². The summed E-state index contributed by atoms with van der Waals surface area (Å²) in [7, 11) is 0.